The van der Waals surface area contributed by atoms with E-state index in [2.05, 4.69) is 23.7 Å². The van der Waals surface area contributed by atoms with Crippen LogP contribution >= 0.6 is 11.3 Å². The standard InChI is InChI=1S/C16H24N2O2S/c1-2-14-12(4-7-20-14)9-17-10-16(19)18-6-3-15-13(11-18)5-8-21-15/h5,8,12,14,17H,2-4,6-7,9-11H2,1H3. The van der Waals surface area contributed by atoms with E-state index in [0.29, 0.717) is 18.6 Å². The lowest BCUT2D eigenvalue weighted by molar-refractivity contribution is -0.131. The molecule has 2 aliphatic heterocycles. The first-order chi connectivity index (χ1) is 10.3. The highest BCUT2D eigenvalue weighted by Gasteiger charge is 2.27. The van der Waals surface area contributed by atoms with E-state index >= 15 is 0 Å². The molecule has 0 aliphatic carbocycles. The number of fused-ring (bicyclic) bond motifs is 1. The molecule has 1 N–H and O–H groups in total. The van der Waals surface area contributed by atoms with Crippen LogP contribution in [0.25, 0.3) is 0 Å². The van der Waals surface area contributed by atoms with E-state index in [1.807, 2.05) is 16.2 Å². The Morgan fingerprint density at radius 2 is 2.48 bits per heavy atom. The molecule has 2 unspecified atom stereocenters. The van der Waals surface area contributed by atoms with Crippen molar-refractivity contribution in [1.82, 2.24) is 10.2 Å². The molecule has 0 spiro atoms. The Bertz CT molecular complexity index is 488. The number of ether oxygens (including phenoxy) is 1. The van der Waals surface area contributed by atoms with Gasteiger partial charge in [0.25, 0.3) is 0 Å². The molecule has 116 valence electrons. The van der Waals surface area contributed by atoms with Gasteiger partial charge in [0.2, 0.25) is 5.91 Å². The Balaban J connectivity index is 1.43. The van der Waals surface area contributed by atoms with Gasteiger partial charge < -0.3 is 15.0 Å². The minimum Gasteiger partial charge on any atom is -0.378 e. The maximum absolute atomic E-state index is 12.3. The molecular formula is C16H24N2O2S. The predicted octanol–water partition coefficient (Wildman–Crippen LogP) is 2.04. The van der Waals surface area contributed by atoms with Gasteiger partial charge in [-0.25, -0.2) is 0 Å². The molecule has 1 aromatic heterocycles. The highest BCUT2D eigenvalue weighted by molar-refractivity contribution is 7.10. The van der Waals surface area contributed by atoms with E-state index in [-0.39, 0.29) is 5.91 Å². The normalized spacial score (nSPS) is 25.1. The molecule has 3 rings (SSSR count). The summed E-state index contributed by atoms with van der Waals surface area (Å²) in [7, 11) is 0. The third-order valence-corrected chi connectivity index (χ3v) is 5.61. The second-order valence-electron chi connectivity index (χ2n) is 5.93. The largest absolute Gasteiger partial charge is 0.378 e. The first-order valence-electron chi connectivity index (χ1n) is 7.93. The number of nitrogens with zero attached hydrogens (tertiary/aromatic N) is 1. The number of nitrogens with one attached hydrogen (secondary N) is 1. The zero-order valence-corrected chi connectivity index (χ0v) is 13.5. The van der Waals surface area contributed by atoms with Crippen LogP contribution in [0.4, 0.5) is 0 Å². The molecule has 0 saturated carbocycles. The quantitative estimate of drug-likeness (QED) is 0.905. The van der Waals surface area contributed by atoms with Crippen LogP contribution in [0, 0.1) is 5.92 Å². The topological polar surface area (TPSA) is 41.6 Å². The van der Waals surface area contributed by atoms with Crippen molar-refractivity contribution in [3.05, 3.63) is 21.9 Å². The Labute approximate surface area is 130 Å². The van der Waals surface area contributed by atoms with Crippen molar-refractivity contribution >= 4 is 17.2 Å². The number of carbonyl (C=O) groups is 1. The van der Waals surface area contributed by atoms with E-state index in [0.717, 1.165) is 45.5 Å². The molecule has 4 nitrogen and oxygen atoms in total. The zero-order valence-electron chi connectivity index (χ0n) is 12.6. The van der Waals surface area contributed by atoms with Gasteiger partial charge in [-0.15, -0.1) is 11.3 Å². The molecule has 1 saturated heterocycles. The van der Waals surface area contributed by atoms with Crippen molar-refractivity contribution in [2.75, 3.05) is 26.2 Å². The molecule has 1 fully saturated rings. The lowest BCUT2D eigenvalue weighted by atomic mass is 10.00. The predicted molar refractivity (Wildman–Crippen MR) is 84.4 cm³/mol. The van der Waals surface area contributed by atoms with Gasteiger partial charge in [0, 0.05) is 31.1 Å². The van der Waals surface area contributed by atoms with Crippen LogP contribution in [0.3, 0.4) is 0 Å². The molecule has 21 heavy (non-hydrogen) atoms. The summed E-state index contributed by atoms with van der Waals surface area (Å²) >= 11 is 1.81. The van der Waals surface area contributed by atoms with E-state index < -0.39 is 0 Å². The molecule has 0 bridgehead atoms. The first kappa shape index (κ1) is 15.0. The molecule has 1 aromatic rings. The van der Waals surface area contributed by atoms with Gasteiger partial charge in [-0.2, -0.15) is 0 Å². The highest BCUT2D eigenvalue weighted by Crippen LogP contribution is 2.24. The van der Waals surface area contributed by atoms with Crippen LogP contribution < -0.4 is 5.32 Å². The van der Waals surface area contributed by atoms with Crippen LogP contribution in [0.15, 0.2) is 11.4 Å². The number of thiophene rings is 1. The summed E-state index contributed by atoms with van der Waals surface area (Å²) in [6.07, 6.45) is 3.55. The second-order valence-corrected chi connectivity index (χ2v) is 6.93. The Hall–Kier alpha value is -0.910. The molecule has 5 heteroatoms. The molecule has 3 heterocycles. The van der Waals surface area contributed by atoms with Crippen molar-refractivity contribution in [2.45, 2.75) is 38.8 Å². The van der Waals surface area contributed by atoms with Gasteiger partial charge in [-0.3, -0.25) is 4.79 Å². The molecule has 2 atom stereocenters. The van der Waals surface area contributed by atoms with E-state index in [1.54, 1.807) is 0 Å². The summed E-state index contributed by atoms with van der Waals surface area (Å²) < 4.78 is 5.68. The fraction of sp³-hybridized carbons (Fsp3) is 0.688. The van der Waals surface area contributed by atoms with Crippen LogP contribution in [0.1, 0.15) is 30.2 Å². The lowest BCUT2D eigenvalue weighted by Gasteiger charge is -2.27. The Morgan fingerprint density at radius 3 is 3.33 bits per heavy atom. The SMILES string of the molecule is CCC1OCCC1CNCC(=O)N1CCc2sccc2C1. The summed E-state index contributed by atoms with van der Waals surface area (Å²) in [6.45, 7) is 6.02. The second kappa shape index (κ2) is 6.90. The number of hydrogen-bond donors (Lipinski definition) is 1. The minimum atomic E-state index is 0.221. The summed E-state index contributed by atoms with van der Waals surface area (Å²) in [5.41, 5.74) is 1.33. The maximum Gasteiger partial charge on any atom is 0.236 e. The molecular weight excluding hydrogens is 284 g/mol. The zero-order chi connectivity index (χ0) is 14.7. The van der Waals surface area contributed by atoms with Crippen LogP contribution in [-0.4, -0.2) is 43.2 Å². The van der Waals surface area contributed by atoms with E-state index in [1.165, 1.54) is 10.4 Å². The summed E-state index contributed by atoms with van der Waals surface area (Å²) in [5, 5.41) is 5.46. The van der Waals surface area contributed by atoms with Crippen molar-refractivity contribution in [3.8, 4) is 0 Å². The lowest BCUT2D eigenvalue weighted by Crippen LogP contribution is -2.42. The van der Waals surface area contributed by atoms with E-state index in [9.17, 15) is 4.79 Å². The average Bonchev–Trinajstić information content (AvgIpc) is 3.14. The van der Waals surface area contributed by atoms with Crippen molar-refractivity contribution < 1.29 is 9.53 Å². The fourth-order valence-corrected chi connectivity index (χ4v) is 4.20. The average molecular weight is 308 g/mol. The number of hydrogen-bond acceptors (Lipinski definition) is 4. The van der Waals surface area contributed by atoms with Gasteiger partial charge in [-0.05, 0) is 42.2 Å². The molecule has 2 aliphatic rings. The number of amides is 1. The monoisotopic (exact) mass is 308 g/mol. The van der Waals surface area contributed by atoms with Gasteiger partial charge in [0.15, 0.2) is 0 Å². The molecule has 0 radical (unpaired) electrons. The first-order valence-corrected chi connectivity index (χ1v) is 8.81. The number of rotatable bonds is 5. The van der Waals surface area contributed by atoms with Gasteiger partial charge in [-0.1, -0.05) is 6.92 Å². The third-order valence-electron chi connectivity index (χ3n) is 4.59. The van der Waals surface area contributed by atoms with Gasteiger partial charge in [0.05, 0.1) is 12.6 Å². The smallest absolute Gasteiger partial charge is 0.236 e. The van der Waals surface area contributed by atoms with Gasteiger partial charge in [0.1, 0.15) is 0 Å². The van der Waals surface area contributed by atoms with E-state index in [4.69, 9.17) is 4.74 Å². The summed E-state index contributed by atoms with van der Waals surface area (Å²) in [5.74, 6) is 0.784. The van der Waals surface area contributed by atoms with Crippen molar-refractivity contribution in [2.24, 2.45) is 5.92 Å². The molecule has 1 amide bonds. The molecule has 0 aromatic carbocycles. The summed E-state index contributed by atoms with van der Waals surface area (Å²) in [6, 6.07) is 2.15. The van der Waals surface area contributed by atoms with Crippen LogP contribution in [0.5, 0.6) is 0 Å². The highest BCUT2D eigenvalue weighted by atomic mass is 32.1. The van der Waals surface area contributed by atoms with Crippen molar-refractivity contribution in [3.63, 3.8) is 0 Å². The summed E-state index contributed by atoms with van der Waals surface area (Å²) in [4.78, 5) is 15.7. The third kappa shape index (κ3) is 3.47. The van der Waals surface area contributed by atoms with Crippen LogP contribution in [-0.2, 0) is 22.5 Å². The Kier molecular flexibility index (Phi) is 4.93. The Morgan fingerprint density at radius 1 is 1.57 bits per heavy atom. The van der Waals surface area contributed by atoms with Gasteiger partial charge >= 0.3 is 0 Å². The number of carbonyl (C=O) groups excluding carboxylic acids is 1. The van der Waals surface area contributed by atoms with Crippen molar-refractivity contribution in [1.29, 1.82) is 0 Å². The van der Waals surface area contributed by atoms with Crippen LogP contribution in [0.2, 0.25) is 0 Å². The fourth-order valence-electron chi connectivity index (χ4n) is 3.32. The maximum atomic E-state index is 12.3. The minimum absolute atomic E-state index is 0.221.